The molecule has 0 saturated carbocycles. The maximum absolute atomic E-state index is 11.7. The molecular weight excluding hydrogens is 212 g/mol. The third-order valence-electron chi connectivity index (χ3n) is 2.00. The average Bonchev–Trinajstić information content (AvgIpc) is 2.14. The highest BCUT2D eigenvalue weighted by Gasteiger charge is 2.23. The van der Waals surface area contributed by atoms with Gasteiger partial charge in [-0.3, -0.25) is 4.57 Å². The highest BCUT2D eigenvalue weighted by atomic mass is 16.5. The van der Waals surface area contributed by atoms with Crippen molar-refractivity contribution < 1.29 is 14.6 Å². The molecule has 0 bridgehead atoms. The normalized spacial score (nSPS) is 11.2. The van der Waals surface area contributed by atoms with Crippen molar-refractivity contribution in [2.45, 2.75) is 26.3 Å². The molecule has 1 aromatic heterocycles. The van der Waals surface area contributed by atoms with Crippen molar-refractivity contribution in [3.63, 3.8) is 0 Å². The van der Waals surface area contributed by atoms with E-state index in [1.165, 1.54) is 13.2 Å². The van der Waals surface area contributed by atoms with Crippen molar-refractivity contribution in [1.82, 2.24) is 9.55 Å². The highest BCUT2D eigenvalue weighted by molar-refractivity contribution is 5.86. The number of aromatic nitrogens is 2. The molecular formula is C10H14N2O4. The van der Waals surface area contributed by atoms with Crippen LogP contribution >= 0.6 is 0 Å². The first-order valence-corrected chi connectivity index (χ1v) is 4.69. The lowest BCUT2D eigenvalue weighted by Crippen LogP contribution is -2.39. The molecule has 0 spiro atoms. The summed E-state index contributed by atoms with van der Waals surface area (Å²) in [6, 6.07) is 1.23. The van der Waals surface area contributed by atoms with Gasteiger partial charge in [-0.2, -0.15) is 4.98 Å². The summed E-state index contributed by atoms with van der Waals surface area (Å²) in [6.07, 6.45) is 0. The van der Waals surface area contributed by atoms with E-state index >= 15 is 0 Å². The fourth-order valence-electron chi connectivity index (χ4n) is 1.37. The van der Waals surface area contributed by atoms with Crippen LogP contribution in [0.15, 0.2) is 10.9 Å². The standard InChI is InChI=1S/C10H14N2O4/c1-10(2,3)12-6(8(13)14)5-7(16-4)11-9(12)15/h5H,1-4H3,(H,13,14). The summed E-state index contributed by atoms with van der Waals surface area (Å²) in [4.78, 5) is 26.3. The minimum Gasteiger partial charge on any atom is -0.481 e. The van der Waals surface area contributed by atoms with Gasteiger partial charge in [0.2, 0.25) is 5.88 Å². The van der Waals surface area contributed by atoms with E-state index in [1.54, 1.807) is 20.8 Å². The number of rotatable bonds is 2. The topological polar surface area (TPSA) is 81.4 Å². The number of carboxylic acids is 1. The Balaban J connectivity index is 3.60. The summed E-state index contributed by atoms with van der Waals surface area (Å²) in [5.41, 5.74) is -1.42. The van der Waals surface area contributed by atoms with Crippen molar-refractivity contribution in [2.24, 2.45) is 0 Å². The molecule has 6 heteroatoms. The van der Waals surface area contributed by atoms with Crippen molar-refractivity contribution in [3.8, 4) is 5.88 Å². The minimum absolute atomic E-state index is 0.00269. The Labute approximate surface area is 92.5 Å². The fourth-order valence-corrected chi connectivity index (χ4v) is 1.37. The van der Waals surface area contributed by atoms with E-state index in [0.717, 1.165) is 4.57 Å². The van der Waals surface area contributed by atoms with Gasteiger partial charge < -0.3 is 9.84 Å². The Hall–Kier alpha value is -1.85. The van der Waals surface area contributed by atoms with Crippen LogP contribution in [0, 0.1) is 0 Å². The Morgan fingerprint density at radius 1 is 1.50 bits per heavy atom. The van der Waals surface area contributed by atoms with E-state index < -0.39 is 17.2 Å². The van der Waals surface area contributed by atoms with Gasteiger partial charge in [-0.15, -0.1) is 0 Å². The fraction of sp³-hybridized carbons (Fsp3) is 0.500. The summed E-state index contributed by atoms with van der Waals surface area (Å²) in [7, 11) is 1.33. The molecule has 6 nitrogen and oxygen atoms in total. The molecule has 0 aliphatic heterocycles. The number of hydrogen-bond donors (Lipinski definition) is 1. The first-order valence-electron chi connectivity index (χ1n) is 4.69. The molecule has 1 N–H and O–H groups in total. The first-order chi connectivity index (χ1) is 7.27. The van der Waals surface area contributed by atoms with Gasteiger partial charge in [0.1, 0.15) is 5.69 Å². The molecule has 1 aromatic rings. The SMILES string of the molecule is COc1cc(C(=O)O)n(C(C)(C)C)c(=O)n1. The van der Waals surface area contributed by atoms with E-state index in [-0.39, 0.29) is 11.6 Å². The van der Waals surface area contributed by atoms with Crippen LogP contribution in [0.5, 0.6) is 5.88 Å². The summed E-state index contributed by atoms with van der Waals surface area (Å²) in [6.45, 7) is 5.19. The third kappa shape index (κ3) is 2.21. The monoisotopic (exact) mass is 226 g/mol. The van der Waals surface area contributed by atoms with Gasteiger partial charge in [-0.05, 0) is 20.8 Å². The average molecular weight is 226 g/mol. The van der Waals surface area contributed by atoms with Gasteiger partial charge in [0.15, 0.2) is 0 Å². The van der Waals surface area contributed by atoms with Gasteiger partial charge in [0, 0.05) is 11.6 Å². The molecule has 0 saturated heterocycles. The van der Waals surface area contributed by atoms with Gasteiger partial charge in [0.05, 0.1) is 7.11 Å². The van der Waals surface area contributed by atoms with Crippen molar-refractivity contribution in [2.75, 3.05) is 7.11 Å². The Kier molecular flexibility index (Phi) is 3.02. The van der Waals surface area contributed by atoms with E-state index in [9.17, 15) is 9.59 Å². The predicted octanol–water partition coefficient (Wildman–Crippen LogP) is 0.705. The van der Waals surface area contributed by atoms with Crippen LogP contribution < -0.4 is 10.4 Å². The number of carboxylic acid groups (broad SMARTS) is 1. The number of hydrogen-bond acceptors (Lipinski definition) is 4. The van der Waals surface area contributed by atoms with Crippen molar-refractivity contribution >= 4 is 5.97 Å². The lowest BCUT2D eigenvalue weighted by Gasteiger charge is -2.23. The smallest absolute Gasteiger partial charge is 0.352 e. The zero-order valence-electron chi connectivity index (χ0n) is 9.64. The second-order valence-corrected chi connectivity index (χ2v) is 4.28. The molecule has 0 unspecified atom stereocenters. The number of carbonyl (C=O) groups is 1. The molecule has 88 valence electrons. The van der Waals surface area contributed by atoms with Gasteiger partial charge >= 0.3 is 11.7 Å². The minimum atomic E-state index is -1.19. The van der Waals surface area contributed by atoms with Crippen LogP contribution in [-0.4, -0.2) is 27.7 Å². The maximum atomic E-state index is 11.7. The van der Waals surface area contributed by atoms with Gasteiger partial charge in [-0.1, -0.05) is 0 Å². The summed E-state index contributed by atoms with van der Waals surface area (Å²) >= 11 is 0. The van der Waals surface area contributed by atoms with Crippen LogP contribution in [0.3, 0.4) is 0 Å². The molecule has 1 heterocycles. The summed E-state index contributed by atoms with van der Waals surface area (Å²) < 4.78 is 5.89. The van der Waals surface area contributed by atoms with Gasteiger partial charge in [-0.25, -0.2) is 9.59 Å². The molecule has 0 aliphatic rings. The highest BCUT2D eigenvalue weighted by Crippen LogP contribution is 2.16. The van der Waals surface area contributed by atoms with E-state index in [0.29, 0.717) is 0 Å². The molecule has 0 radical (unpaired) electrons. The lowest BCUT2D eigenvalue weighted by atomic mass is 10.1. The Morgan fingerprint density at radius 2 is 2.06 bits per heavy atom. The quantitative estimate of drug-likeness (QED) is 0.802. The predicted molar refractivity (Wildman–Crippen MR) is 57.0 cm³/mol. The van der Waals surface area contributed by atoms with Crippen molar-refractivity contribution in [3.05, 3.63) is 22.2 Å². The molecule has 1 rings (SSSR count). The number of ether oxygens (including phenoxy) is 1. The second-order valence-electron chi connectivity index (χ2n) is 4.28. The van der Waals surface area contributed by atoms with E-state index in [4.69, 9.17) is 9.84 Å². The number of methoxy groups -OCH3 is 1. The molecule has 0 atom stereocenters. The molecule has 0 fully saturated rings. The van der Waals surface area contributed by atoms with Crippen molar-refractivity contribution in [1.29, 1.82) is 0 Å². The van der Waals surface area contributed by atoms with Crippen LogP contribution in [0.2, 0.25) is 0 Å². The van der Waals surface area contributed by atoms with Crippen LogP contribution in [0.1, 0.15) is 31.3 Å². The molecule has 0 aliphatic carbocycles. The number of aromatic carboxylic acids is 1. The molecule has 0 amide bonds. The Bertz CT molecular complexity index is 471. The Morgan fingerprint density at radius 3 is 2.44 bits per heavy atom. The summed E-state index contributed by atoms with van der Waals surface area (Å²) in [5, 5.41) is 9.03. The number of nitrogens with zero attached hydrogens (tertiary/aromatic N) is 2. The first kappa shape index (κ1) is 12.2. The summed E-state index contributed by atoms with van der Waals surface area (Å²) in [5.74, 6) is -1.18. The maximum Gasteiger partial charge on any atom is 0.352 e. The zero-order chi connectivity index (χ0) is 12.5. The largest absolute Gasteiger partial charge is 0.481 e. The zero-order valence-corrected chi connectivity index (χ0v) is 9.64. The van der Waals surface area contributed by atoms with E-state index in [2.05, 4.69) is 4.98 Å². The van der Waals surface area contributed by atoms with Crippen LogP contribution in [0.25, 0.3) is 0 Å². The molecule has 16 heavy (non-hydrogen) atoms. The van der Waals surface area contributed by atoms with Gasteiger partial charge in [0.25, 0.3) is 0 Å². The third-order valence-corrected chi connectivity index (χ3v) is 2.00. The van der Waals surface area contributed by atoms with Crippen LogP contribution in [-0.2, 0) is 5.54 Å². The van der Waals surface area contributed by atoms with E-state index in [1.807, 2.05) is 0 Å². The lowest BCUT2D eigenvalue weighted by molar-refractivity contribution is 0.0674. The van der Waals surface area contributed by atoms with Crippen LogP contribution in [0.4, 0.5) is 0 Å². The molecule has 0 aromatic carbocycles. The second kappa shape index (κ2) is 3.96.